The maximum atomic E-state index is 8.74. The van der Waals surface area contributed by atoms with Crippen molar-refractivity contribution in [1.82, 2.24) is 0 Å². The van der Waals surface area contributed by atoms with Crippen LogP contribution >= 0.6 is 0 Å². The van der Waals surface area contributed by atoms with Gasteiger partial charge in [-0.3, -0.25) is 9.11 Å². The number of hydrogen-bond donors (Lipinski definition) is 2. The van der Waals surface area contributed by atoms with Crippen molar-refractivity contribution in [3.05, 3.63) is 59.7 Å². The topological polar surface area (TPSA) is 83.8 Å². The van der Waals surface area contributed by atoms with Crippen molar-refractivity contribution in [3.8, 4) is 11.5 Å². The Morgan fingerprint density at radius 3 is 1.22 bits per heavy atom. The average molecular weight is 544 g/mol. The zero-order valence-electron chi connectivity index (χ0n) is 23.5. The third-order valence-corrected chi connectivity index (χ3v) is 6.26. The quantitative estimate of drug-likeness (QED) is 0.129. The molecule has 0 aliphatic carbocycles. The molecule has 2 rings (SSSR count). The van der Waals surface area contributed by atoms with Crippen molar-refractivity contribution < 1.29 is 51.8 Å². The van der Waals surface area contributed by atoms with E-state index < -0.39 is 10.4 Å². The smallest absolute Gasteiger partial charge is 0.457 e. The Balaban J connectivity index is 0.00000196. The summed E-state index contributed by atoms with van der Waals surface area (Å²) in [5.74, 6) is 2.08. The van der Waals surface area contributed by atoms with Gasteiger partial charge in [0.2, 0.25) is 0 Å². The Morgan fingerprint density at radius 1 is 0.568 bits per heavy atom. The molecule has 0 aliphatic heterocycles. The minimum atomic E-state index is -4.67. The molecule has 2 N–H and O–H groups in total. The van der Waals surface area contributed by atoms with Gasteiger partial charge in [0, 0.05) is 0 Å². The van der Waals surface area contributed by atoms with E-state index in [9.17, 15) is 0 Å². The van der Waals surface area contributed by atoms with E-state index in [1.54, 1.807) is 0 Å². The first-order valence-corrected chi connectivity index (χ1v) is 15.3. The largest absolute Gasteiger partial charge is 1.00 e. The van der Waals surface area contributed by atoms with Crippen LogP contribution in [0.25, 0.3) is 0 Å². The maximum Gasteiger partial charge on any atom is 1.00 e. The molecule has 204 valence electrons. The molecule has 37 heavy (non-hydrogen) atoms. The Morgan fingerprint density at radius 2 is 0.865 bits per heavy atom. The second-order valence-electron chi connectivity index (χ2n) is 9.51. The van der Waals surface area contributed by atoms with Crippen LogP contribution in [-0.4, -0.2) is 17.5 Å². The molecule has 0 aromatic heterocycles. The number of hydrogen-bond acceptors (Lipinski definition) is 3. The van der Waals surface area contributed by atoms with Gasteiger partial charge in [-0.05, 0) is 48.9 Å². The number of benzene rings is 2. The van der Waals surface area contributed by atoms with Crippen LogP contribution in [0.5, 0.6) is 11.5 Å². The predicted molar refractivity (Wildman–Crippen MR) is 151 cm³/mol. The van der Waals surface area contributed by atoms with Crippen molar-refractivity contribution in [1.29, 1.82) is 0 Å². The second-order valence-corrected chi connectivity index (χ2v) is 10.4. The summed E-state index contributed by atoms with van der Waals surface area (Å²) in [5.41, 5.74) is 2.70. The van der Waals surface area contributed by atoms with Gasteiger partial charge in [-0.15, -0.1) is 0 Å². The van der Waals surface area contributed by atoms with Gasteiger partial charge in [0.15, 0.2) is 0 Å². The zero-order valence-corrected chi connectivity index (χ0v) is 26.3. The molecule has 0 spiro atoms. The third kappa shape index (κ3) is 20.7. The van der Waals surface area contributed by atoms with E-state index in [1.165, 1.54) is 101 Å². The first kappa shape index (κ1) is 36.1. The molecule has 7 heteroatoms. The Hall–Kier alpha value is -0.890. The van der Waals surface area contributed by atoms with E-state index >= 15 is 0 Å². The molecule has 0 fully saturated rings. The standard InChI is InChI=1S/C30H46O.Na.H2O4S/c1-3-5-7-9-11-13-15-21-27-23-17-19-25-29(27)31-30-26-20-18-24-28(30)22-16-14-12-10-8-6-4-2;;1-5(2,3)4/h17-20,23-26H,3-16,21-22H2,1-2H3;;(H2,1,2,3,4)/q;+1;. The van der Waals surface area contributed by atoms with Crippen molar-refractivity contribution in [2.24, 2.45) is 0 Å². The normalized spacial score (nSPS) is 10.8. The van der Waals surface area contributed by atoms with Gasteiger partial charge >= 0.3 is 40.0 Å². The fourth-order valence-electron chi connectivity index (χ4n) is 4.28. The summed E-state index contributed by atoms with van der Waals surface area (Å²) in [6.07, 6.45) is 21.1. The molecule has 0 atom stereocenters. The van der Waals surface area contributed by atoms with Gasteiger partial charge in [-0.25, -0.2) is 0 Å². The Labute approximate surface area is 248 Å². The monoisotopic (exact) mass is 543 g/mol. The maximum absolute atomic E-state index is 8.74. The van der Waals surface area contributed by atoms with Crippen LogP contribution in [0.1, 0.15) is 115 Å². The minimum Gasteiger partial charge on any atom is -0.457 e. The van der Waals surface area contributed by atoms with Crippen LogP contribution in [-0.2, 0) is 23.2 Å². The van der Waals surface area contributed by atoms with E-state index in [1.807, 2.05) is 0 Å². The number of unbranched alkanes of at least 4 members (excludes halogenated alkanes) is 12. The van der Waals surface area contributed by atoms with E-state index in [-0.39, 0.29) is 29.6 Å². The summed E-state index contributed by atoms with van der Waals surface area (Å²) < 4.78 is 38.0. The van der Waals surface area contributed by atoms with Crippen molar-refractivity contribution in [2.75, 3.05) is 0 Å². The van der Waals surface area contributed by atoms with Gasteiger partial charge in [-0.1, -0.05) is 127 Å². The van der Waals surface area contributed by atoms with Crippen LogP contribution in [0.3, 0.4) is 0 Å². The van der Waals surface area contributed by atoms with Crippen LogP contribution in [0, 0.1) is 0 Å². The molecule has 0 amide bonds. The first-order valence-electron chi connectivity index (χ1n) is 13.9. The van der Waals surface area contributed by atoms with Crippen LogP contribution in [0.4, 0.5) is 0 Å². The van der Waals surface area contributed by atoms with Crippen LogP contribution in [0.2, 0.25) is 0 Å². The van der Waals surface area contributed by atoms with Crippen molar-refractivity contribution >= 4 is 10.4 Å². The molecule has 0 unspecified atom stereocenters. The molecule has 0 aliphatic rings. The molecular weight excluding hydrogens is 495 g/mol. The number of aryl methyl sites for hydroxylation is 2. The predicted octanol–water partition coefficient (Wildman–Crippen LogP) is 6.42. The van der Waals surface area contributed by atoms with Crippen LogP contribution in [0.15, 0.2) is 48.5 Å². The van der Waals surface area contributed by atoms with E-state index in [0.717, 1.165) is 24.3 Å². The van der Waals surface area contributed by atoms with E-state index in [2.05, 4.69) is 62.4 Å². The summed E-state index contributed by atoms with van der Waals surface area (Å²) in [4.78, 5) is 0. The van der Waals surface area contributed by atoms with Gasteiger partial charge in [0.1, 0.15) is 11.5 Å². The zero-order chi connectivity index (χ0) is 26.5. The van der Waals surface area contributed by atoms with Crippen molar-refractivity contribution in [3.63, 3.8) is 0 Å². The first-order chi connectivity index (χ1) is 17.3. The summed E-state index contributed by atoms with van der Waals surface area (Å²) in [6.45, 7) is 4.56. The number of ether oxygens (including phenoxy) is 1. The molecule has 0 radical (unpaired) electrons. The van der Waals surface area contributed by atoms with Crippen LogP contribution < -0.4 is 34.3 Å². The molecule has 0 bridgehead atoms. The van der Waals surface area contributed by atoms with Gasteiger partial charge in [-0.2, -0.15) is 8.42 Å². The fraction of sp³-hybridized carbons (Fsp3) is 0.600. The molecule has 0 heterocycles. The molecule has 5 nitrogen and oxygen atoms in total. The van der Waals surface area contributed by atoms with Gasteiger partial charge < -0.3 is 4.74 Å². The Bertz CT molecular complexity index is 850. The molecule has 0 saturated heterocycles. The van der Waals surface area contributed by atoms with Gasteiger partial charge in [0.05, 0.1) is 0 Å². The third-order valence-electron chi connectivity index (χ3n) is 6.26. The summed E-state index contributed by atoms with van der Waals surface area (Å²) in [7, 11) is -4.67. The summed E-state index contributed by atoms with van der Waals surface area (Å²) in [5, 5.41) is 0. The number of para-hydroxylation sites is 2. The summed E-state index contributed by atoms with van der Waals surface area (Å²) >= 11 is 0. The Kier molecular flexibility index (Phi) is 22.5. The van der Waals surface area contributed by atoms with E-state index in [4.69, 9.17) is 22.3 Å². The fourth-order valence-corrected chi connectivity index (χ4v) is 4.28. The second kappa shape index (κ2) is 23.0. The van der Waals surface area contributed by atoms with Crippen molar-refractivity contribution in [2.45, 2.75) is 117 Å². The minimum absolute atomic E-state index is 0. The molecule has 2 aromatic rings. The molecule has 2 aromatic carbocycles. The molecule has 0 saturated carbocycles. The van der Waals surface area contributed by atoms with Gasteiger partial charge in [0.25, 0.3) is 0 Å². The number of rotatable bonds is 18. The molecular formula is C30H48NaO5S+. The average Bonchev–Trinajstić information content (AvgIpc) is 2.84. The SMILES string of the molecule is CCCCCCCCCc1ccccc1Oc1ccccc1CCCCCCCCC.O=S(=O)(O)O.[Na+]. The summed E-state index contributed by atoms with van der Waals surface area (Å²) in [6, 6.07) is 17.3. The van der Waals surface area contributed by atoms with E-state index in [0.29, 0.717) is 0 Å².